The summed E-state index contributed by atoms with van der Waals surface area (Å²) in [7, 11) is 0. The normalized spacial score (nSPS) is 16.6. The van der Waals surface area contributed by atoms with Crippen LogP contribution in [0.5, 0.6) is 5.88 Å². The second-order valence-electron chi connectivity index (χ2n) is 6.49. The third-order valence-corrected chi connectivity index (χ3v) is 4.56. The van der Waals surface area contributed by atoms with Gasteiger partial charge in [-0.3, -0.25) is 4.79 Å². The number of fused-ring (bicyclic) bond motifs is 1. The number of hydrogen-bond donors (Lipinski definition) is 0. The summed E-state index contributed by atoms with van der Waals surface area (Å²) in [6.45, 7) is 1.89. The minimum absolute atomic E-state index is 0.0743. The van der Waals surface area contributed by atoms with Gasteiger partial charge >= 0.3 is 0 Å². The highest BCUT2D eigenvalue weighted by molar-refractivity contribution is 5.94. The minimum atomic E-state index is -0.335. The molecular weight excluding hydrogens is 307 g/mol. The first-order valence-corrected chi connectivity index (χ1v) is 8.35. The maximum atomic E-state index is 13.0. The van der Waals surface area contributed by atoms with Gasteiger partial charge in [0.1, 0.15) is 5.82 Å². The molecule has 2 aromatic rings. The fraction of sp³-hybridized carbons (Fsp3) is 0.368. The molecule has 1 aliphatic heterocycles. The first kappa shape index (κ1) is 15.1. The maximum Gasteiger partial charge on any atom is 0.254 e. The number of carbonyl (C=O) groups excluding carboxylic acids is 1. The van der Waals surface area contributed by atoms with Gasteiger partial charge in [0.05, 0.1) is 12.3 Å². The van der Waals surface area contributed by atoms with Crippen LogP contribution < -0.4 is 4.74 Å². The quantitative estimate of drug-likeness (QED) is 0.866. The van der Waals surface area contributed by atoms with Gasteiger partial charge in [-0.15, -0.1) is 0 Å². The number of rotatable bonds is 4. The molecule has 1 aromatic carbocycles. The first-order valence-electron chi connectivity index (χ1n) is 8.35. The van der Waals surface area contributed by atoms with Crippen molar-refractivity contribution < 1.29 is 13.9 Å². The van der Waals surface area contributed by atoms with Crippen molar-refractivity contribution in [1.29, 1.82) is 0 Å². The number of pyridine rings is 1. The summed E-state index contributed by atoms with van der Waals surface area (Å²) in [4.78, 5) is 18.9. The molecule has 0 N–H and O–H groups in total. The van der Waals surface area contributed by atoms with Crippen molar-refractivity contribution in [2.75, 3.05) is 13.2 Å². The second-order valence-corrected chi connectivity index (χ2v) is 6.49. The van der Waals surface area contributed by atoms with E-state index in [1.54, 1.807) is 4.90 Å². The van der Waals surface area contributed by atoms with Gasteiger partial charge in [-0.05, 0) is 48.6 Å². The average Bonchev–Trinajstić information content (AvgIpc) is 3.44. The average molecular weight is 326 g/mol. The number of hydrogen-bond acceptors (Lipinski definition) is 3. The second kappa shape index (κ2) is 6.23. The smallest absolute Gasteiger partial charge is 0.254 e. The van der Waals surface area contributed by atoms with Crippen molar-refractivity contribution in [1.82, 2.24) is 9.88 Å². The zero-order valence-electron chi connectivity index (χ0n) is 13.4. The van der Waals surface area contributed by atoms with Crippen molar-refractivity contribution in [3.8, 4) is 5.88 Å². The van der Waals surface area contributed by atoms with Crippen LogP contribution in [0.2, 0.25) is 0 Å². The largest absolute Gasteiger partial charge is 0.477 e. The Balaban J connectivity index is 1.45. The van der Waals surface area contributed by atoms with Gasteiger partial charge in [0.15, 0.2) is 0 Å². The lowest BCUT2D eigenvalue weighted by atomic mass is 10.0. The van der Waals surface area contributed by atoms with Gasteiger partial charge in [0, 0.05) is 31.1 Å². The lowest BCUT2D eigenvalue weighted by Gasteiger charge is -2.28. The number of amides is 1. The molecule has 0 radical (unpaired) electrons. The van der Waals surface area contributed by atoms with Crippen molar-refractivity contribution in [3.05, 3.63) is 59.0 Å². The van der Waals surface area contributed by atoms with Gasteiger partial charge in [-0.1, -0.05) is 6.07 Å². The zero-order chi connectivity index (χ0) is 16.5. The molecule has 24 heavy (non-hydrogen) atoms. The highest BCUT2D eigenvalue weighted by Gasteiger charge is 2.24. The van der Waals surface area contributed by atoms with E-state index in [1.165, 1.54) is 37.1 Å². The molecule has 0 bridgehead atoms. The Bertz CT molecular complexity index is 756. The Hall–Kier alpha value is -2.43. The van der Waals surface area contributed by atoms with Crippen LogP contribution in [0.4, 0.5) is 4.39 Å². The number of nitrogens with zero attached hydrogens (tertiary/aromatic N) is 2. The molecule has 1 aliphatic carbocycles. The van der Waals surface area contributed by atoms with Gasteiger partial charge in [-0.2, -0.15) is 0 Å². The van der Waals surface area contributed by atoms with Gasteiger partial charge in [0.2, 0.25) is 5.88 Å². The van der Waals surface area contributed by atoms with Crippen LogP contribution >= 0.6 is 0 Å². The lowest BCUT2D eigenvalue weighted by molar-refractivity contribution is 0.0733. The predicted molar refractivity (Wildman–Crippen MR) is 87.3 cm³/mol. The Morgan fingerprint density at radius 1 is 1.21 bits per heavy atom. The molecule has 1 amide bonds. The SMILES string of the molecule is O=C(c1ccc(F)cc1)N1CCc2nc(OCC3CC3)ccc2C1. The Morgan fingerprint density at radius 2 is 2.00 bits per heavy atom. The molecular formula is C19H19FN2O2. The van der Waals surface area contributed by atoms with E-state index in [1.807, 2.05) is 12.1 Å². The van der Waals surface area contributed by atoms with Crippen LogP contribution in [0.1, 0.15) is 34.5 Å². The van der Waals surface area contributed by atoms with Crippen molar-refractivity contribution >= 4 is 5.91 Å². The molecule has 1 fully saturated rings. The molecule has 5 heteroatoms. The van der Waals surface area contributed by atoms with E-state index >= 15 is 0 Å². The third kappa shape index (κ3) is 3.25. The number of benzene rings is 1. The van der Waals surface area contributed by atoms with E-state index in [0.29, 0.717) is 36.9 Å². The fourth-order valence-corrected chi connectivity index (χ4v) is 2.91. The van der Waals surface area contributed by atoms with E-state index < -0.39 is 0 Å². The molecule has 1 saturated carbocycles. The highest BCUT2D eigenvalue weighted by atomic mass is 19.1. The monoisotopic (exact) mass is 326 g/mol. The first-order chi connectivity index (χ1) is 11.7. The summed E-state index contributed by atoms with van der Waals surface area (Å²) >= 11 is 0. The summed E-state index contributed by atoms with van der Waals surface area (Å²) in [5, 5.41) is 0. The van der Waals surface area contributed by atoms with Gasteiger partial charge in [0.25, 0.3) is 5.91 Å². The molecule has 2 heterocycles. The molecule has 124 valence electrons. The molecule has 4 nitrogen and oxygen atoms in total. The molecule has 0 unspecified atom stereocenters. The number of aromatic nitrogens is 1. The molecule has 4 rings (SSSR count). The lowest BCUT2D eigenvalue weighted by Crippen LogP contribution is -2.36. The van der Waals surface area contributed by atoms with Crippen LogP contribution in [0.25, 0.3) is 0 Å². The summed E-state index contributed by atoms with van der Waals surface area (Å²) in [6, 6.07) is 9.56. The molecule has 0 atom stereocenters. The van der Waals surface area contributed by atoms with Crippen molar-refractivity contribution in [3.63, 3.8) is 0 Å². The van der Waals surface area contributed by atoms with Crippen LogP contribution in [0.3, 0.4) is 0 Å². The van der Waals surface area contributed by atoms with Crippen LogP contribution in [0, 0.1) is 11.7 Å². The summed E-state index contributed by atoms with van der Waals surface area (Å²) < 4.78 is 18.7. The molecule has 0 saturated heterocycles. The number of ether oxygens (including phenoxy) is 1. The van der Waals surface area contributed by atoms with E-state index in [-0.39, 0.29) is 11.7 Å². The van der Waals surface area contributed by atoms with E-state index in [4.69, 9.17) is 4.74 Å². The highest BCUT2D eigenvalue weighted by Crippen LogP contribution is 2.29. The molecule has 1 aromatic heterocycles. The van der Waals surface area contributed by atoms with Crippen molar-refractivity contribution in [2.45, 2.75) is 25.8 Å². The molecule has 0 spiro atoms. The van der Waals surface area contributed by atoms with Crippen LogP contribution in [0.15, 0.2) is 36.4 Å². The molecule has 2 aliphatic rings. The summed E-state index contributed by atoms with van der Waals surface area (Å²) in [5.74, 6) is 0.971. The van der Waals surface area contributed by atoms with Crippen molar-refractivity contribution in [2.24, 2.45) is 5.92 Å². The Kier molecular flexibility index (Phi) is 3.92. The van der Waals surface area contributed by atoms with Crippen LogP contribution in [-0.4, -0.2) is 28.9 Å². The Morgan fingerprint density at radius 3 is 2.75 bits per heavy atom. The van der Waals surface area contributed by atoms with E-state index in [2.05, 4.69) is 4.98 Å². The topological polar surface area (TPSA) is 42.4 Å². The summed E-state index contributed by atoms with van der Waals surface area (Å²) in [5.41, 5.74) is 2.57. The minimum Gasteiger partial charge on any atom is -0.477 e. The summed E-state index contributed by atoms with van der Waals surface area (Å²) in [6.07, 6.45) is 3.22. The standard InChI is InChI=1S/C19H19FN2O2/c20-16-6-3-14(4-7-16)19(23)22-10-9-17-15(11-22)5-8-18(21-17)24-12-13-1-2-13/h3-8,13H,1-2,9-12H2. The third-order valence-electron chi connectivity index (χ3n) is 4.56. The number of carbonyl (C=O) groups is 1. The van der Waals surface area contributed by atoms with Gasteiger partial charge < -0.3 is 9.64 Å². The Labute approximate surface area is 140 Å². The number of halogens is 1. The van der Waals surface area contributed by atoms with E-state index in [0.717, 1.165) is 17.9 Å². The fourth-order valence-electron chi connectivity index (χ4n) is 2.91. The predicted octanol–water partition coefficient (Wildman–Crippen LogP) is 3.21. The van der Waals surface area contributed by atoms with Gasteiger partial charge in [-0.25, -0.2) is 9.37 Å². The maximum absolute atomic E-state index is 13.0. The van der Waals surface area contributed by atoms with E-state index in [9.17, 15) is 9.18 Å². The van der Waals surface area contributed by atoms with Crippen LogP contribution in [-0.2, 0) is 13.0 Å². The zero-order valence-corrected chi connectivity index (χ0v) is 13.4.